The summed E-state index contributed by atoms with van der Waals surface area (Å²) in [6, 6.07) is 12.9. The van der Waals surface area contributed by atoms with E-state index in [1.165, 1.54) is 0 Å². The summed E-state index contributed by atoms with van der Waals surface area (Å²) in [5, 5.41) is 9.29. The zero-order valence-corrected chi connectivity index (χ0v) is 9.68. The van der Waals surface area contributed by atoms with Gasteiger partial charge in [-0.15, -0.1) is 0 Å². The standard InChI is InChI=1S/C14H15NO2/c1-17-13-4-2-3-10(8-13)7-11-5-6-12(16)9-14(11)15/h2-6,8-9,16H,7,15H2,1H3. The van der Waals surface area contributed by atoms with Crippen LogP contribution in [0.5, 0.6) is 11.5 Å². The zero-order chi connectivity index (χ0) is 12.3. The van der Waals surface area contributed by atoms with Gasteiger partial charge in [-0.3, -0.25) is 0 Å². The molecule has 0 spiro atoms. The molecule has 2 aromatic carbocycles. The third-order valence-corrected chi connectivity index (χ3v) is 2.66. The zero-order valence-electron chi connectivity index (χ0n) is 9.68. The average molecular weight is 229 g/mol. The number of phenols is 1. The van der Waals surface area contributed by atoms with Gasteiger partial charge in [0.05, 0.1) is 7.11 Å². The van der Waals surface area contributed by atoms with Crippen LogP contribution in [0, 0.1) is 0 Å². The Morgan fingerprint density at radius 1 is 1.18 bits per heavy atom. The summed E-state index contributed by atoms with van der Waals surface area (Å²) in [4.78, 5) is 0. The Balaban J connectivity index is 2.25. The molecule has 0 saturated heterocycles. The molecule has 3 N–H and O–H groups in total. The molecule has 0 aliphatic carbocycles. The molecule has 3 nitrogen and oxygen atoms in total. The molecular weight excluding hydrogens is 214 g/mol. The lowest BCUT2D eigenvalue weighted by Gasteiger charge is -2.07. The maximum atomic E-state index is 9.29. The van der Waals surface area contributed by atoms with Gasteiger partial charge >= 0.3 is 0 Å². The maximum Gasteiger partial charge on any atom is 0.119 e. The van der Waals surface area contributed by atoms with Crippen LogP contribution in [0.15, 0.2) is 42.5 Å². The Morgan fingerprint density at radius 2 is 2.00 bits per heavy atom. The minimum atomic E-state index is 0.192. The third-order valence-electron chi connectivity index (χ3n) is 2.66. The highest BCUT2D eigenvalue weighted by Gasteiger charge is 2.03. The number of phenolic OH excluding ortho intramolecular Hbond substituents is 1. The number of hydrogen-bond acceptors (Lipinski definition) is 3. The van der Waals surface area contributed by atoms with Gasteiger partial charge in [0.2, 0.25) is 0 Å². The van der Waals surface area contributed by atoms with Gasteiger partial charge in [0, 0.05) is 11.8 Å². The molecule has 0 radical (unpaired) electrons. The number of benzene rings is 2. The van der Waals surface area contributed by atoms with E-state index in [0.717, 1.165) is 23.3 Å². The monoisotopic (exact) mass is 229 g/mol. The first-order chi connectivity index (χ1) is 8.19. The lowest BCUT2D eigenvalue weighted by Crippen LogP contribution is -1.95. The topological polar surface area (TPSA) is 55.5 Å². The number of methoxy groups -OCH3 is 1. The predicted molar refractivity (Wildman–Crippen MR) is 68.3 cm³/mol. The van der Waals surface area contributed by atoms with Crippen molar-refractivity contribution in [1.29, 1.82) is 0 Å². The number of rotatable bonds is 3. The van der Waals surface area contributed by atoms with Crippen molar-refractivity contribution in [2.75, 3.05) is 12.8 Å². The Bertz CT molecular complexity index is 523. The maximum absolute atomic E-state index is 9.29. The first-order valence-corrected chi connectivity index (χ1v) is 5.39. The van der Waals surface area contributed by atoms with Crippen molar-refractivity contribution in [3.05, 3.63) is 53.6 Å². The fourth-order valence-electron chi connectivity index (χ4n) is 1.75. The van der Waals surface area contributed by atoms with Crippen LogP contribution >= 0.6 is 0 Å². The summed E-state index contributed by atoms with van der Waals surface area (Å²) < 4.78 is 5.17. The summed E-state index contributed by atoms with van der Waals surface area (Å²) in [7, 11) is 1.65. The smallest absolute Gasteiger partial charge is 0.119 e. The quantitative estimate of drug-likeness (QED) is 0.795. The first-order valence-electron chi connectivity index (χ1n) is 5.39. The molecule has 0 heterocycles. The van der Waals surface area contributed by atoms with Crippen LogP contribution in [0.4, 0.5) is 5.69 Å². The number of nitrogens with two attached hydrogens (primary N) is 1. The van der Waals surface area contributed by atoms with Crippen LogP contribution in [0.25, 0.3) is 0 Å². The van der Waals surface area contributed by atoms with E-state index in [0.29, 0.717) is 5.69 Å². The van der Waals surface area contributed by atoms with Crippen molar-refractivity contribution in [3.8, 4) is 11.5 Å². The van der Waals surface area contributed by atoms with E-state index >= 15 is 0 Å². The summed E-state index contributed by atoms with van der Waals surface area (Å²) >= 11 is 0. The molecule has 88 valence electrons. The van der Waals surface area contributed by atoms with Gasteiger partial charge in [0.1, 0.15) is 11.5 Å². The number of ether oxygens (including phenoxy) is 1. The van der Waals surface area contributed by atoms with Gasteiger partial charge in [-0.05, 0) is 35.7 Å². The Labute approximate surface area is 100 Å². The van der Waals surface area contributed by atoms with Gasteiger partial charge in [-0.25, -0.2) is 0 Å². The van der Waals surface area contributed by atoms with Crippen molar-refractivity contribution in [2.45, 2.75) is 6.42 Å². The van der Waals surface area contributed by atoms with Crippen LogP contribution in [0.2, 0.25) is 0 Å². The van der Waals surface area contributed by atoms with E-state index in [9.17, 15) is 5.11 Å². The molecule has 0 fully saturated rings. The van der Waals surface area contributed by atoms with E-state index in [4.69, 9.17) is 10.5 Å². The van der Waals surface area contributed by atoms with Crippen LogP contribution in [-0.4, -0.2) is 12.2 Å². The summed E-state index contributed by atoms with van der Waals surface area (Å²) in [6.07, 6.45) is 0.726. The van der Waals surface area contributed by atoms with Crippen molar-refractivity contribution in [3.63, 3.8) is 0 Å². The van der Waals surface area contributed by atoms with Gasteiger partial charge in [-0.1, -0.05) is 18.2 Å². The van der Waals surface area contributed by atoms with E-state index in [2.05, 4.69) is 0 Å². The summed E-state index contributed by atoms with van der Waals surface area (Å²) in [5.41, 5.74) is 8.58. The molecule has 0 amide bonds. The van der Waals surface area contributed by atoms with Gasteiger partial charge < -0.3 is 15.6 Å². The van der Waals surface area contributed by atoms with Crippen LogP contribution in [-0.2, 0) is 6.42 Å². The highest BCUT2D eigenvalue weighted by Crippen LogP contribution is 2.22. The fourth-order valence-corrected chi connectivity index (χ4v) is 1.75. The number of hydrogen-bond donors (Lipinski definition) is 2. The Hall–Kier alpha value is -2.16. The molecule has 3 heteroatoms. The van der Waals surface area contributed by atoms with E-state index < -0.39 is 0 Å². The van der Waals surface area contributed by atoms with Crippen LogP contribution in [0.3, 0.4) is 0 Å². The molecule has 0 aliphatic rings. The molecular formula is C14H15NO2. The normalized spacial score (nSPS) is 10.2. The second-order valence-electron chi connectivity index (χ2n) is 3.91. The number of aromatic hydroxyl groups is 1. The van der Waals surface area contributed by atoms with Gasteiger partial charge in [-0.2, -0.15) is 0 Å². The summed E-state index contributed by atoms with van der Waals surface area (Å²) in [5.74, 6) is 1.02. The van der Waals surface area contributed by atoms with Gasteiger partial charge in [0.15, 0.2) is 0 Å². The highest BCUT2D eigenvalue weighted by atomic mass is 16.5. The highest BCUT2D eigenvalue weighted by molar-refractivity contribution is 5.52. The second kappa shape index (κ2) is 4.78. The average Bonchev–Trinajstić information content (AvgIpc) is 2.33. The Kier molecular flexibility index (Phi) is 3.19. The molecule has 2 rings (SSSR count). The molecule has 2 aromatic rings. The van der Waals surface area contributed by atoms with E-state index in [1.54, 1.807) is 19.2 Å². The molecule has 0 saturated carbocycles. The minimum Gasteiger partial charge on any atom is -0.508 e. The van der Waals surface area contributed by atoms with E-state index in [-0.39, 0.29) is 5.75 Å². The fraction of sp³-hybridized carbons (Fsp3) is 0.143. The third kappa shape index (κ3) is 2.69. The molecule has 17 heavy (non-hydrogen) atoms. The lowest BCUT2D eigenvalue weighted by molar-refractivity contribution is 0.414. The van der Waals surface area contributed by atoms with Crippen LogP contribution in [0.1, 0.15) is 11.1 Å². The summed E-state index contributed by atoms with van der Waals surface area (Å²) in [6.45, 7) is 0. The predicted octanol–water partition coefficient (Wildman–Crippen LogP) is 2.57. The van der Waals surface area contributed by atoms with Crippen LogP contribution < -0.4 is 10.5 Å². The largest absolute Gasteiger partial charge is 0.508 e. The van der Waals surface area contributed by atoms with Crippen molar-refractivity contribution >= 4 is 5.69 Å². The lowest BCUT2D eigenvalue weighted by atomic mass is 10.0. The molecule has 0 unspecified atom stereocenters. The Morgan fingerprint density at radius 3 is 2.71 bits per heavy atom. The van der Waals surface area contributed by atoms with Crippen molar-refractivity contribution in [1.82, 2.24) is 0 Å². The minimum absolute atomic E-state index is 0.192. The molecule has 0 aromatic heterocycles. The van der Waals surface area contributed by atoms with Crippen molar-refractivity contribution < 1.29 is 9.84 Å². The second-order valence-corrected chi connectivity index (χ2v) is 3.91. The molecule has 0 bridgehead atoms. The SMILES string of the molecule is COc1cccc(Cc2ccc(O)cc2N)c1. The van der Waals surface area contributed by atoms with E-state index in [1.807, 2.05) is 30.3 Å². The number of nitrogen functional groups attached to an aromatic ring is 1. The number of anilines is 1. The molecule has 0 aliphatic heterocycles. The first kappa shape index (κ1) is 11.3. The van der Waals surface area contributed by atoms with Gasteiger partial charge in [0.25, 0.3) is 0 Å². The van der Waals surface area contributed by atoms with Crippen molar-refractivity contribution in [2.24, 2.45) is 0 Å². The molecule has 0 atom stereocenters.